The van der Waals surface area contributed by atoms with Crippen molar-refractivity contribution >= 4 is 21.6 Å². The van der Waals surface area contributed by atoms with Gasteiger partial charge in [-0.15, -0.1) is 0 Å². The maximum Gasteiger partial charge on any atom is 0.239 e. The lowest BCUT2D eigenvalue weighted by Gasteiger charge is -2.21. The molecular weight excluding hydrogens is 360 g/mol. The predicted molar refractivity (Wildman–Crippen MR) is 110 cm³/mol. The first kappa shape index (κ1) is 21.1. The van der Waals surface area contributed by atoms with Crippen LogP contribution >= 0.6 is 0 Å². The highest BCUT2D eigenvalue weighted by Crippen LogP contribution is 2.22. The van der Waals surface area contributed by atoms with Gasteiger partial charge < -0.3 is 5.32 Å². The molecule has 0 radical (unpaired) electrons. The van der Waals surface area contributed by atoms with Crippen LogP contribution in [0.2, 0.25) is 0 Å². The lowest BCUT2D eigenvalue weighted by molar-refractivity contribution is -0.116. The number of nitrogens with zero attached hydrogens (tertiary/aromatic N) is 1. The van der Waals surface area contributed by atoms with Crippen LogP contribution in [0.15, 0.2) is 42.5 Å². The molecule has 0 aliphatic heterocycles. The van der Waals surface area contributed by atoms with Gasteiger partial charge in [0.15, 0.2) is 0 Å². The fourth-order valence-corrected chi connectivity index (χ4v) is 3.67. The van der Waals surface area contributed by atoms with E-state index in [2.05, 4.69) is 5.32 Å². The zero-order chi connectivity index (χ0) is 20.0. The number of benzene rings is 2. The summed E-state index contributed by atoms with van der Waals surface area (Å²) >= 11 is 0. The molecule has 2 aromatic carbocycles. The van der Waals surface area contributed by atoms with Crippen molar-refractivity contribution < 1.29 is 13.2 Å². The van der Waals surface area contributed by atoms with Gasteiger partial charge in [0.2, 0.25) is 15.9 Å². The summed E-state index contributed by atoms with van der Waals surface area (Å²) in [5, 5.41) is 2.93. The standard InChI is InChI=1S/C21H28N2O3S/c1-5-18-8-7-9-19(6-2)21(18)22-20(24)15-23(27(4,25)26)14-17-12-10-16(3)11-13-17/h7-13H,5-6,14-15H2,1-4H3,(H,22,24). The average molecular weight is 389 g/mol. The molecule has 6 heteroatoms. The van der Waals surface area contributed by atoms with E-state index >= 15 is 0 Å². The Bertz CT molecular complexity index is 868. The van der Waals surface area contributed by atoms with Crippen LogP contribution < -0.4 is 5.32 Å². The quantitative estimate of drug-likeness (QED) is 0.752. The third-order valence-corrected chi connectivity index (χ3v) is 5.73. The minimum absolute atomic E-state index is 0.169. The molecule has 0 aromatic heterocycles. The predicted octanol–water partition coefficient (Wildman–Crippen LogP) is 3.52. The van der Waals surface area contributed by atoms with Crippen molar-refractivity contribution in [1.82, 2.24) is 4.31 Å². The summed E-state index contributed by atoms with van der Waals surface area (Å²) in [4.78, 5) is 12.6. The van der Waals surface area contributed by atoms with Gasteiger partial charge in [-0.3, -0.25) is 4.79 Å². The van der Waals surface area contributed by atoms with Crippen molar-refractivity contribution in [1.29, 1.82) is 0 Å². The number of nitrogens with one attached hydrogen (secondary N) is 1. The molecule has 1 N–H and O–H groups in total. The van der Waals surface area contributed by atoms with Gasteiger partial charge in [-0.1, -0.05) is 61.9 Å². The highest BCUT2D eigenvalue weighted by Gasteiger charge is 2.21. The van der Waals surface area contributed by atoms with Gasteiger partial charge in [-0.2, -0.15) is 4.31 Å². The SMILES string of the molecule is CCc1cccc(CC)c1NC(=O)CN(Cc1ccc(C)cc1)S(C)(=O)=O. The summed E-state index contributed by atoms with van der Waals surface area (Å²) < 4.78 is 25.6. The zero-order valence-electron chi connectivity index (χ0n) is 16.5. The number of carbonyl (C=O) groups is 1. The number of hydrogen-bond acceptors (Lipinski definition) is 3. The Hall–Kier alpha value is -2.18. The van der Waals surface area contributed by atoms with E-state index in [0.29, 0.717) is 0 Å². The van der Waals surface area contributed by atoms with Gasteiger partial charge in [0.05, 0.1) is 12.8 Å². The number of sulfonamides is 1. The minimum Gasteiger partial charge on any atom is -0.324 e. The fourth-order valence-electron chi connectivity index (χ4n) is 2.93. The van der Waals surface area contributed by atoms with Crippen molar-refractivity contribution in [2.24, 2.45) is 0 Å². The molecule has 0 heterocycles. The van der Waals surface area contributed by atoms with Crippen LogP contribution in [0.25, 0.3) is 0 Å². The summed E-state index contributed by atoms with van der Waals surface area (Å²) in [5.41, 5.74) is 4.85. The Morgan fingerprint density at radius 1 is 1.00 bits per heavy atom. The van der Waals surface area contributed by atoms with Crippen LogP contribution in [0.5, 0.6) is 0 Å². The van der Waals surface area contributed by atoms with Gasteiger partial charge in [0.25, 0.3) is 0 Å². The van der Waals surface area contributed by atoms with Gasteiger partial charge in [0.1, 0.15) is 0 Å². The van der Waals surface area contributed by atoms with E-state index in [1.807, 2.05) is 63.2 Å². The summed E-state index contributed by atoms with van der Waals surface area (Å²) in [6.07, 6.45) is 2.72. The van der Waals surface area contributed by atoms with Crippen LogP contribution in [0.1, 0.15) is 36.1 Å². The topological polar surface area (TPSA) is 66.5 Å². The second-order valence-electron chi connectivity index (χ2n) is 6.72. The Labute approximate surface area is 162 Å². The maximum absolute atomic E-state index is 12.6. The highest BCUT2D eigenvalue weighted by molar-refractivity contribution is 7.88. The summed E-state index contributed by atoms with van der Waals surface area (Å²) in [5.74, 6) is -0.330. The van der Waals surface area contributed by atoms with Gasteiger partial charge in [0, 0.05) is 12.2 Å². The van der Waals surface area contributed by atoms with Crippen LogP contribution in [0.3, 0.4) is 0 Å². The molecule has 0 aliphatic carbocycles. The molecule has 0 spiro atoms. The smallest absolute Gasteiger partial charge is 0.239 e. The average Bonchev–Trinajstić information content (AvgIpc) is 2.62. The number of hydrogen-bond donors (Lipinski definition) is 1. The highest BCUT2D eigenvalue weighted by atomic mass is 32.2. The Balaban J connectivity index is 2.19. The molecule has 0 aliphatic rings. The Kier molecular flexibility index (Phi) is 7.16. The largest absolute Gasteiger partial charge is 0.324 e. The third kappa shape index (κ3) is 5.91. The number of rotatable bonds is 8. The molecule has 2 aromatic rings. The van der Waals surface area contributed by atoms with Crippen molar-refractivity contribution in [3.63, 3.8) is 0 Å². The summed E-state index contributed by atoms with van der Waals surface area (Å²) in [6.45, 7) is 5.99. The third-order valence-electron chi connectivity index (χ3n) is 4.53. The van der Waals surface area contributed by atoms with Crippen molar-refractivity contribution in [2.75, 3.05) is 18.1 Å². The van der Waals surface area contributed by atoms with Crippen LogP contribution in [0, 0.1) is 6.92 Å². The minimum atomic E-state index is -3.52. The van der Waals surface area contributed by atoms with Crippen LogP contribution in [-0.4, -0.2) is 31.4 Å². The molecule has 0 unspecified atom stereocenters. The van der Waals surface area contributed by atoms with E-state index in [1.54, 1.807) is 0 Å². The number of anilines is 1. The molecule has 2 rings (SSSR count). The molecule has 0 saturated heterocycles. The monoisotopic (exact) mass is 388 g/mol. The molecule has 0 saturated carbocycles. The first-order valence-corrected chi connectivity index (χ1v) is 11.0. The Morgan fingerprint density at radius 2 is 1.56 bits per heavy atom. The fraction of sp³-hybridized carbons (Fsp3) is 0.381. The molecule has 27 heavy (non-hydrogen) atoms. The second kappa shape index (κ2) is 9.15. The van der Waals surface area contributed by atoms with Gasteiger partial charge in [-0.05, 0) is 36.5 Å². The van der Waals surface area contributed by atoms with Crippen molar-refractivity contribution in [2.45, 2.75) is 40.2 Å². The normalized spacial score (nSPS) is 11.6. The number of para-hydroxylation sites is 1. The van der Waals surface area contributed by atoms with E-state index in [4.69, 9.17) is 0 Å². The van der Waals surface area contributed by atoms with E-state index in [1.165, 1.54) is 4.31 Å². The van der Waals surface area contributed by atoms with Crippen molar-refractivity contribution in [3.05, 3.63) is 64.7 Å². The molecule has 0 bridgehead atoms. The molecule has 146 valence electrons. The van der Waals surface area contributed by atoms with Gasteiger partial charge >= 0.3 is 0 Å². The summed E-state index contributed by atoms with van der Waals surface area (Å²) in [7, 11) is -3.52. The first-order chi connectivity index (χ1) is 12.7. The van der Waals surface area contributed by atoms with E-state index < -0.39 is 10.0 Å². The van der Waals surface area contributed by atoms with Crippen molar-refractivity contribution in [3.8, 4) is 0 Å². The zero-order valence-corrected chi connectivity index (χ0v) is 17.3. The Morgan fingerprint density at radius 3 is 2.04 bits per heavy atom. The maximum atomic E-state index is 12.6. The molecule has 5 nitrogen and oxygen atoms in total. The molecular formula is C21H28N2O3S. The molecule has 1 amide bonds. The van der Waals surface area contributed by atoms with E-state index in [-0.39, 0.29) is 19.0 Å². The van der Waals surface area contributed by atoms with Crippen LogP contribution in [0.4, 0.5) is 5.69 Å². The lowest BCUT2D eigenvalue weighted by atomic mass is 10.0. The number of carbonyl (C=O) groups excluding carboxylic acids is 1. The summed E-state index contributed by atoms with van der Waals surface area (Å²) in [6, 6.07) is 13.6. The number of aryl methyl sites for hydroxylation is 3. The number of amides is 1. The van der Waals surface area contributed by atoms with Gasteiger partial charge in [-0.25, -0.2) is 8.42 Å². The van der Waals surface area contributed by atoms with E-state index in [9.17, 15) is 13.2 Å². The lowest BCUT2D eigenvalue weighted by Crippen LogP contribution is -2.37. The van der Waals surface area contributed by atoms with E-state index in [0.717, 1.165) is 47.0 Å². The molecule has 0 fully saturated rings. The molecule has 0 atom stereocenters. The second-order valence-corrected chi connectivity index (χ2v) is 8.71. The first-order valence-electron chi connectivity index (χ1n) is 9.15. The van der Waals surface area contributed by atoms with Crippen LogP contribution in [-0.2, 0) is 34.2 Å².